The summed E-state index contributed by atoms with van der Waals surface area (Å²) in [7, 11) is 0. The van der Waals surface area contributed by atoms with Crippen LogP contribution in [-0.4, -0.2) is 16.7 Å². The van der Waals surface area contributed by atoms with E-state index in [2.05, 4.69) is 10.1 Å². The molecule has 5 nitrogen and oxygen atoms in total. The zero-order valence-corrected chi connectivity index (χ0v) is 11.6. The van der Waals surface area contributed by atoms with Crippen LogP contribution < -0.4 is 10.5 Å². The molecular weight excluding hydrogens is 254 g/mol. The third-order valence-electron chi connectivity index (χ3n) is 3.80. The summed E-state index contributed by atoms with van der Waals surface area (Å²) in [6.07, 6.45) is 2.99. The molecule has 1 aromatic heterocycles. The van der Waals surface area contributed by atoms with Crippen LogP contribution in [0.2, 0.25) is 0 Å². The van der Waals surface area contributed by atoms with E-state index < -0.39 is 0 Å². The summed E-state index contributed by atoms with van der Waals surface area (Å²) in [6, 6.07) is 9.70. The van der Waals surface area contributed by atoms with Gasteiger partial charge in [0.2, 0.25) is 5.89 Å². The lowest BCUT2D eigenvalue weighted by atomic mass is 9.77. The molecule has 20 heavy (non-hydrogen) atoms. The Bertz CT molecular complexity index is 564. The van der Waals surface area contributed by atoms with Crippen LogP contribution in [0.3, 0.4) is 0 Å². The molecule has 0 saturated heterocycles. The van der Waals surface area contributed by atoms with Gasteiger partial charge >= 0.3 is 0 Å². The summed E-state index contributed by atoms with van der Waals surface area (Å²) in [5, 5.41) is 4.02. The highest BCUT2D eigenvalue weighted by Crippen LogP contribution is 2.37. The lowest BCUT2D eigenvalue weighted by Crippen LogP contribution is -2.44. The number of benzene rings is 1. The average molecular weight is 273 g/mol. The van der Waals surface area contributed by atoms with Crippen molar-refractivity contribution in [1.29, 1.82) is 0 Å². The van der Waals surface area contributed by atoms with Crippen molar-refractivity contribution in [3.8, 4) is 5.75 Å². The number of aromatic nitrogens is 2. The standard InChI is InChI=1S/C15H19N3O2/c1-11(10-19-12-6-3-2-4-7-12)13-17-14(18-20-13)15(16)8-5-9-15/h2-4,6-7,11H,5,8-10,16H2,1H3. The van der Waals surface area contributed by atoms with E-state index in [1.165, 1.54) is 0 Å². The highest BCUT2D eigenvalue weighted by Gasteiger charge is 2.39. The van der Waals surface area contributed by atoms with Crippen LogP contribution >= 0.6 is 0 Å². The molecule has 1 aromatic carbocycles. The van der Waals surface area contributed by atoms with Crippen molar-refractivity contribution in [1.82, 2.24) is 10.1 Å². The minimum Gasteiger partial charge on any atom is -0.493 e. The number of rotatable bonds is 5. The Balaban J connectivity index is 1.61. The third kappa shape index (κ3) is 2.54. The molecule has 1 fully saturated rings. The Labute approximate surface area is 118 Å². The summed E-state index contributed by atoms with van der Waals surface area (Å²) in [4.78, 5) is 4.43. The molecule has 0 amide bonds. The van der Waals surface area contributed by atoms with Gasteiger partial charge in [-0.2, -0.15) is 4.98 Å². The monoisotopic (exact) mass is 273 g/mol. The van der Waals surface area contributed by atoms with Crippen LogP contribution in [0.25, 0.3) is 0 Å². The number of nitrogens with two attached hydrogens (primary N) is 1. The van der Waals surface area contributed by atoms with Gasteiger partial charge < -0.3 is 15.0 Å². The van der Waals surface area contributed by atoms with Gasteiger partial charge in [-0.15, -0.1) is 0 Å². The first-order valence-corrected chi connectivity index (χ1v) is 6.98. The largest absolute Gasteiger partial charge is 0.493 e. The van der Waals surface area contributed by atoms with E-state index >= 15 is 0 Å². The number of hydrogen-bond donors (Lipinski definition) is 1. The lowest BCUT2D eigenvalue weighted by Gasteiger charge is -2.34. The maximum atomic E-state index is 6.19. The minimum absolute atomic E-state index is 0.0418. The zero-order valence-electron chi connectivity index (χ0n) is 11.6. The quantitative estimate of drug-likeness (QED) is 0.906. The van der Waals surface area contributed by atoms with Crippen molar-refractivity contribution in [2.75, 3.05) is 6.61 Å². The first-order valence-electron chi connectivity index (χ1n) is 6.98. The smallest absolute Gasteiger partial charge is 0.232 e. The molecule has 1 aliphatic rings. The van der Waals surface area contributed by atoms with Gasteiger partial charge in [0, 0.05) is 0 Å². The third-order valence-corrected chi connectivity index (χ3v) is 3.80. The van der Waals surface area contributed by atoms with E-state index in [-0.39, 0.29) is 11.5 Å². The number of nitrogens with zero attached hydrogens (tertiary/aromatic N) is 2. The van der Waals surface area contributed by atoms with E-state index in [0.29, 0.717) is 18.3 Å². The van der Waals surface area contributed by atoms with Crippen molar-refractivity contribution >= 4 is 0 Å². The summed E-state index contributed by atoms with van der Waals surface area (Å²) in [5.41, 5.74) is 5.81. The van der Waals surface area contributed by atoms with Gasteiger partial charge in [0.25, 0.3) is 0 Å². The molecule has 0 aliphatic heterocycles. The summed E-state index contributed by atoms with van der Waals surface area (Å²) < 4.78 is 11.0. The maximum absolute atomic E-state index is 6.19. The fraction of sp³-hybridized carbons (Fsp3) is 0.467. The highest BCUT2D eigenvalue weighted by atomic mass is 16.5. The molecule has 1 aliphatic carbocycles. The second-order valence-electron chi connectivity index (χ2n) is 5.49. The van der Waals surface area contributed by atoms with Crippen LogP contribution in [0.4, 0.5) is 0 Å². The van der Waals surface area contributed by atoms with Gasteiger partial charge in [0.05, 0.1) is 18.1 Å². The van der Waals surface area contributed by atoms with Crippen LogP contribution in [0, 0.1) is 0 Å². The predicted molar refractivity (Wildman–Crippen MR) is 74.4 cm³/mol. The van der Waals surface area contributed by atoms with Crippen molar-refractivity contribution in [2.45, 2.75) is 37.6 Å². The zero-order chi connectivity index (χ0) is 14.0. The fourth-order valence-corrected chi connectivity index (χ4v) is 2.23. The summed E-state index contributed by atoms with van der Waals surface area (Å²) in [6.45, 7) is 2.51. The Morgan fingerprint density at radius 1 is 1.35 bits per heavy atom. The molecule has 3 rings (SSSR count). The molecule has 1 atom stereocenters. The second-order valence-corrected chi connectivity index (χ2v) is 5.49. The molecule has 5 heteroatoms. The van der Waals surface area contributed by atoms with Gasteiger partial charge in [-0.05, 0) is 31.4 Å². The first kappa shape index (κ1) is 13.1. The molecule has 2 aromatic rings. The van der Waals surface area contributed by atoms with Crippen LogP contribution in [-0.2, 0) is 5.54 Å². The van der Waals surface area contributed by atoms with Crippen LogP contribution in [0.1, 0.15) is 43.8 Å². The predicted octanol–water partition coefficient (Wildman–Crippen LogP) is 2.59. The van der Waals surface area contributed by atoms with Crippen molar-refractivity contribution in [3.05, 3.63) is 42.0 Å². The van der Waals surface area contributed by atoms with E-state index in [1.54, 1.807) is 0 Å². The van der Waals surface area contributed by atoms with E-state index in [9.17, 15) is 0 Å². The van der Waals surface area contributed by atoms with Gasteiger partial charge in [0.1, 0.15) is 5.75 Å². The molecule has 1 heterocycles. The number of para-hydroxylation sites is 1. The van der Waals surface area contributed by atoms with Gasteiger partial charge in [0.15, 0.2) is 5.82 Å². The topological polar surface area (TPSA) is 74.2 Å². The number of ether oxygens (including phenoxy) is 1. The van der Waals surface area contributed by atoms with E-state index in [0.717, 1.165) is 25.0 Å². The van der Waals surface area contributed by atoms with Crippen LogP contribution in [0.5, 0.6) is 5.75 Å². The molecular formula is C15H19N3O2. The maximum Gasteiger partial charge on any atom is 0.232 e. The molecule has 106 valence electrons. The molecule has 1 saturated carbocycles. The van der Waals surface area contributed by atoms with Crippen LogP contribution in [0.15, 0.2) is 34.9 Å². The number of hydrogen-bond acceptors (Lipinski definition) is 5. The summed E-state index contributed by atoms with van der Waals surface area (Å²) in [5.74, 6) is 2.10. The van der Waals surface area contributed by atoms with Gasteiger partial charge in [-0.1, -0.05) is 30.3 Å². The molecule has 0 spiro atoms. The van der Waals surface area contributed by atoms with Crippen molar-refractivity contribution < 1.29 is 9.26 Å². The molecule has 0 radical (unpaired) electrons. The Hall–Kier alpha value is -1.88. The van der Waals surface area contributed by atoms with Crippen molar-refractivity contribution in [3.63, 3.8) is 0 Å². The Morgan fingerprint density at radius 2 is 2.10 bits per heavy atom. The minimum atomic E-state index is -0.373. The summed E-state index contributed by atoms with van der Waals surface area (Å²) >= 11 is 0. The van der Waals surface area contributed by atoms with Gasteiger partial charge in [-0.3, -0.25) is 0 Å². The van der Waals surface area contributed by atoms with E-state index in [1.807, 2.05) is 37.3 Å². The normalized spacial score (nSPS) is 18.3. The Kier molecular flexibility index (Phi) is 3.44. The second kappa shape index (κ2) is 5.25. The fourth-order valence-electron chi connectivity index (χ4n) is 2.23. The van der Waals surface area contributed by atoms with Gasteiger partial charge in [-0.25, -0.2) is 0 Å². The lowest BCUT2D eigenvalue weighted by molar-refractivity contribution is 0.226. The SMILES string of the molecule is CC(COc1ccccc1)c1nc(C2(N)CCC2)no1. The molecule has 1 unspecified atom stereocenters. The molecule has 0 bridgehead atoms. The first-order chi connectivity index (χ1) is 9.67. The average Bonchev–Trinajstić information content (AvgIpc) is 2.93. The van der Waals surface area contributed by atoms with E-state index in [4.69, 9.17) is 15.0 Å². The highest BCUT2D eigenvalue weighted by molar-refractivity contribution is 5.21. The Morgan fingerprint density at radius 3 is 2.75 bits per heavy atom. The molecule has 2 N–H and O–H groups in total. The van der Waals surface area contributed by atoms with Crippen molar-refractivity contribution in [2.24, 2.45) is 5.73 Å².